The first-order chi connectivity index (χ1) is 13.8. The van der Waals surface area contributed by atoms with Gasteiger partial charge in [-0.05, 0) is 61.7 Å². The van der Waals surface area contributed by atoms with Gasteiger partial charge >= 0.3 is 0 Å². The largest absolute Gasteiger partial charge is 0.348 e. The number of carbonyl (C=O) groups excluding carboxylic acids is 1. The Balaban J connectivity index is 1.69. The van der Waals surface area contributed by atoms with Gasteiger partial charge in [0, 0.05) is 18.7 Å². The summed E-state index contributed by atoms with van der Waals surface area (Å²) in [4.78, 5) is 15.2. The van der Waals surface area contributed by atoms with Crippen molar-refractivity contribution in [2.24, 2.45) is 0 Å². The lowest BCUT2D eigenvalue weighted by Crippen LogP contribution is -2.30. The van der Waals surface area contributed by atoms with Gasteiger partial charge in [-0.1, -0.05) is 36.8 Å². The van der Waals surface area contributed by atoms with E-state index in [1.165, 1.54) is 24.8 Å². The first-order valence-corrected chi connectivity index (χ1v) is 11.9. The molecule has 156 valence electrons. The van der Waals surface area contributed by atoms with Crippen LogP contribution in [0, 0.1) is 6.92 Å². The second kappa shape index (κ2) is 9.41. The Labute approximate surface area is 173 Å². The fourth-order valence-electron chi connectivity index (χ4n) is 3.71. The summed E-state index contributed by atoms with van der Waals surface area (Å²) >= 11 is 0. The molecule has 2 aromatic carbocycles. The standard InChI is InChI=1S/C22H29N3O3S/c1-17-20(11-8-12-21(17)24-29(2,27)28)22(26)23-15-18-9-4-5-10-19(18)16-25-13-6-3-7-14-25/h4-5,8-12,24H,3,6-7,13-16H2,1-2H3,(H,23,26). The molecule has 29 heavy (non-hydrogen) atoms. The van der Waals surface area contributed by atoms with E-state index in [1.54, 1.807) is 25.1 Å². The number of piperidine rings is 1. The number of carbonyl (C=O) groups is 1. The molecule has 0 bridgehead atoms. The highest BCUT2D eigenvalue weighted by Gasteiger charge is 2.15. The molecule has 1 aliphatic heterocycles. The van der Waals surface area contributed by atoms with Crippen molar-refractivity contribution in [3.05, 3.63) is 64.7 Å². The van der Waals surface area contributed by atoms with Crippen molar-refractivity contribution < 1.29 is 13.2 Å². The number of anilines is 1. The zero-order valence-corrected chi connectivity index (χ0v) is 17.9. The lowest BCUT2D eigenvalue weighted by Gasteiger charge is -2.27. The average molecular weight is 416 g/mol. The normalized spacial score (nSPS) is 15.1. The summed E-state index contributed by atoms with van der Waals surface area (Å²) in [5.74, 6) is -0.215. The molecule has 0 aromatic heterocycles. The van der Waals surface area contributed by atoms with Gasteiger partial charge < -0.3 is 5.32 Å². The lowest BCUT2D eigenvalue weighted by molar-refractivity contribution is 0.0950. The highest BCUT2D eigenvalue weighted by atomic mass is 32.2. The first-order valence-electron chi connectivity index (χ1n) is 9.98. The van der Waals surface area contributed by atoms with Crippen LogP contribution >= 0.6 is 0 Å². The Morgan fingerprint density at radius 1 is 1.00 bits per heavy atom. The van der Waals surface area contributed by atoms with E-state index in [-0.39, 0.29) is 5.91 Å². The van der Waals surface area contributed by atoms with Gasteiger partial charge in [-0.25, -0.2) is 8.42 Å². The Bertz CT molecular complexity index is 967. The Hall–Kier alpha value is -2.38. The minimum Gasteiger partial charge on any atom is -0.348 e. The fraction of sp³-hybridized carbons (Fsp3) is 0.409. The molecule has 0 radical (unpaired) electrons. The number of sulfonamides is 1. The molecule has 0 aliphatic carbocycles. The van der Waals surface area contributed by atoms with E-state index in [0.29, 0.717) is 23.4 Å². The van der Waals surface area contributed by atoms with Crippen molar-refractivity contribution in [1.82, 2.24) is 10.2 Å². The molecule has 1 fully saturated rings. The second-order valence-corrected chi connectivity index (χ2v) is 9.39. The molecule has 6 nitrogen and oxygen atoms in total. The maximum Gasteiger partial charge on any atom is 0.251 e. The molecule has 3 rings (SSSR count). The maximum absolute atomic E-state index is 12.8. The molecule has 2 aromatic rings. The van der Waals surface area contributed by atoms with Crippen molar-refractivity contribution in [2.45, 2.75) is 39.3 Å². The van der Waals surface area contributed by atoms with Gasteiger partial charge in [-0.15, -0.1) is 0 Å². The molecule has 0 atom stereocenters. The van der Waals surface area contributed by atoms with Crippen LogP contribution in [0.5, 0.6) is 0 Å². The minimum absolute atomic E-state index is 0.215. The molecule has 1 amide bonds. The van der Waals surface area contributed by atoms with Gasteiger partial charge in [0.15, 0.2) is 0 Å². The average Bonchev–Trinajstić information content (AvgIpc) is 2.68. The van der Waals surface area contributed by atoms with E-state index in [1.807, 2.05) is 18.2 Å². The number of amides is 1. The molecule has 1 saturated heterocycles. The molecule has 7 heteroatoms. The number of rotatable bonds is 7. The van der Waals surface area contributed by atoms with Crippen LogP contribution in [0.2, 0.25) is 0 Å². The van der Waals surface area contributed by atoms with Gasteiger partial charge in [0.2, 0.25) is 10.0 Å². The van der Waals surface area contributed by atoms with Crippen molar-refractivity contribution >= 4 is 21.6 Å². The van der Waals surface area contributed by atoms with Crippen LogP contribution in [0.25, 0.3) is 0 Å². The number of hydrogen-bond donors (Lipinski definition) is 2. The van der Waals surface area contributed by atoms with Crippen LogP contribution in [-0.4, -0.2) is 38.6 Å². The first kappa shape index (κ1) is 21.3. The number of likely N-dealkylation sites (tertiary alicyclic amines) is 1. The Morgan fingerprint density at radius 2 is 1.69 bits per heavy atom. The molecule has 0 unspecified atom stereocenters. The molecule has 1 heterocycles. The predicted octanol–water partition coefficient (Wildman–Crippen LogP) is 3.28. The SMILES string of the molecule is Cc1c(NS(C)(=O)=O)cccc1C(=O)NCc1ccccc1CN1CCCCC1. The van der Waals surface area contributed by atoms with Gasteiger partial charge in [0.1, 0.15) is 0 Å². The highest BCUT2D eigenvalue weighted by Crippen LogP contribution is 2.20. The van der Waals surface area contributed by atoms with E-state index in [0.717, 1.165) is 31.5 Å². The number of hydrogen-bond acceptors (Lipinski definition) is 4. The van der Waals surface area contributed by atoms with Gasteiger partial charge in [0.05, 0.1) is 11.9 Å². The molecule has 0 spiro atoms. The monoisotopic (exact) mass is 415 g/mol. The zero-order chi connectivity index (χ0) is 20.9. The predicted molar refractivity (Wildman–Crippen MR) is 116 cm³/mol. The van der Waals surface area contributed by atoms with Crippen LogP contribution in [-0.2, 0) is 23.1 Å². The van der Waals surface area contributed by atoms with Crippen LogP contribution in [0.4, 0.5) is 5.69 Å². The maximum atomic E-state index is 12.8. The van der Waals surface area contributed by atoms with E-state index in [4.69, 9.17) is 0 Å². The van der Waals surface area contributed by atoms with Gasteiger partial charge in [-0.2, -0.15) is 0 Å². The summed E-state index contributed by atoms with van der Waals surface area (Å²) in [6, 6.07) is 13.2. The van der Waals surface area contributed by atoms with E-state index in [9.17, 15) is 13.2 Å². The van der Waals surface area contributed by atoms with Crippen molar-refractivity contribution in [1.29, 1.82) is 0 Å². The third-order valence-electron chi connectivity index (χ3n) is 5.27. The van der Waals surface area contributed by atoms with Crippen molar-refractivity contribution in [3.8, 4) is 0 Å². The molecule has 0 saturated carbocycles. The number of nitrogens with one attached hydrogen (secondary N) is 2. The van der Waals surface area contributed by atoms with Crippen LogP contribution < -0.4 is 10.0 Å². The quantitative estimate of drug-likeness (QED) is 0.727. The lowest BCUT2D eigenvalue weighted by atomic mass is 10.0. The van der Waals surface area contributed by atoms with E-state index >= 15 is 0 Å². The summed E-state index contributed by atoms with van der Waals surface area (Å²) in [6.07, 6.45) is 4.89. The smallest absolute Gasteiger partial charge is 0.251 e. The summed E-state index contributed by atoms with van der Waals surface area (Å²) in [6.45, 7) is 5.33. The minimum atomic E-state index is -3.40. The molecule has 1 aliphatic rings. The highest BCUT2D eigenvalue weighted by molar-refractivity contribution is 7.92. The Morgan fingerprint density at radius 3 is 2.38 bits per heavy atom. The van der Waals surface area contributed by atoms with E-state index in [2.05, 4.69) is 21.0 Å². The molecule has 2 N–H and O–H groups in total. The molecular weight excluding hydrogens is 386 g/mol. The number of benzene rings is 2. The molecular formula is C22H29N3O3S. The second-order valence-electron chi connectivity index (χ2n) is 7.64. The third-order valence-corrected chi connectivity index (χ3v) is 5.86. The van der Waals surface area contributed by atoms with Crippen LogP contribution in [0.3, 0.4) is 0 Å². The summed E-state index contributed by atoms with van der Waals surface area (Å²) < 4.78 is 25.5. The fourth-order valence-corrected chi connectivity index (χ4v) is 4.33. The summed E-state index contributed by atoms with van der Waals surface area (Å²) in [5, 5.41) is 2.99. The van der Waals surface area contributed by atoms with Crippen molar-refractivity contribution in [3.63, 3.8) is 0 Å². The topological polar surface area (TPSA) is 78.5 Å². The third kappa shape index (κ3) is 6.05. The Kier molecular flexibility index (Phi) is 6.92. The van der Waals surface area contributed by atoms with Crippen molar-refractivity contribution in [2.75, 3.05) is 24.1 Å². The zero-order valence-electron chi connectivity index (χ0n) is 17.1. The summed E-state index contributed by atoms with van der Waals surface area (Å²) in [7, 11) is -3.40. The van der Waals surface area contributed by atoms with Gasteiger partial charge in [0.25, 0.3) is 5.91 Å². The number of nitrogens with zero attached hydrogens (tertiary/aromatic N) is 1. The van der Waals surface area contributed by atoms with E-state index < -0.39 is 10.0 Å². The van der Waals surface area contributed by atoms with Crippen LogP contribution in [0.1, 0.15) is 46.3 Å². The summed E-state index contributed by atoms with van der Waals surface area (Å²) in [5.41, 5.74) is 3.84. The van der Waals surface area contributed by atoms with Crippen LogP contribution in [0.15, 0.2) is 42.5 Å². The van der Waals surface area contributed by atoms with Gasteiger partial charge in [-0.3, -0.25) is 14.4 Å².